The molecule has 41 valence electrons. The van der Waals surface area contributed by atoms with E-state index < -0.39 is 0 Å². The fourth-order valence-electron chi connectivity index (χ4n) is 0.318. The number of halogens is 2. The number of nitrogens with zero attached hydrogens (tertiary/aromatic N) is 1. The lowest BCUT2D eigenvalue weighted by Crippen LogP contribution is -1.69. The molecule has 0 atom stereocenters. The first kappa shape index (κ1) is 5.86. The standard InChI is InChI=1S/C5H2Cl2N/c6-4-1-2-8-3-5(4)7/h1,3H. The minimum absolute atomic E-state index is 0.463. The molecule has 1 radical (unpaired) electrons. The van der Waals surface area contributed by atoms with Crippen LogP contribution < -0.4 is 0 Å². The van der Waals surface area contributed by atoms with Crippen LogP contribution in [0.5, 0.6) is 0 Å². The van der Waals surface area contributed by atoms with Crippen molar-refractivity contribution in [2.24, 2.45) is 0 Å². The smallest absolute Gasteiger partial charge is 0.0902 e. The number of rotatable bonds is 0. The molecule has 0 saturated heterocycles. The average molecular weight is 147 g/mol. The summed E-state index contributed by atoms with van der Waals surface area (Å²) in [6.07, 6.45) is 3.98. The molecule has 0 unspecified atom stereocenters. The Hall–Kier alpha value is -0.270. The third kappa shape index (κ3) is 1.11. The predicted molar refractivity (Wildman–Crippen MR) is 33.1 cm³/mol. The molecule has 1 heterocycles. The highest BCUT2D eigenvalue weighted by Crippen LogP contribution is 2.17. The van der Waals surface area contributed by atoms with Gasteiger partial charge in [-0.25, -0.2) is 0 Å². The van der Waals surface area contributed by atoms with Crippen LogP contribution in [-0.4, -0.2) is 4.98 Å². The van der Waals surface area contributed by atoms with E-state index in [0.29, 0.717) is 10.0 Å². The lowest BCUT2D eigenvalue weighted by Gasteiger charge is -1.87. The number of pyridine rings is 1. The maximum atomic E-state index is 5.51. The Morgan fingerprint density at radius 2 is 2.12 bits per heavy atom. The first-order valence-electron chi connectivity index (χ1n) is 1.98. The van der Waals surface area contributed by atoms with Gasteiger partial charge in [-0.2, -0.15) is 0 Å². The van der Waals surface area contributed by atoms with Gasteiger partial charge in [0.05, 0.1) is 16.2 Å². The first-order chi connectivity index (χ1) is 3.80. The van der Waals surface area contributed by atoms with Gasteiger partial charge in [-0.1, -0.05) is 23.2 Å². The van der Waals surface area contributed by atoms with Gasteiger partial charge in [0.1, 0.15) is 0 Å². The molecule has 0 aliphatic rings. The number of hydrogen-bond donors (Lipinski definition) is 0. The fourth-order valence-corrected chi connectivity index (χ4v) is 0.519. The molecule has 1 aromatic rings. The van der Waals surface area contributed by atoms with Crippen molar-refractivity contribution < 1.29 is 0 Å². The van der Waals surface area contributed by atoms with E-state index in [9.17, 15) is 0 Å². The second-order valence-corrected chi connectivity index (χ2v) is 2.04. The summed E-state index contributed by atoms with van der Waals surface area (Å²) in [7, 11) is 0. The van der Waals surface area contributed by atoms with Crippen molar-refractivity contribution in [3.05, 3.63) is 28.5 Å². The van der Waals surface area contributed by atoms with Crippen LogP contribution in [0, 0.1) is 6.20 Å². The molecule has 8 heavy (non-hydrogen) atoms. The minimum Gasteiger partial charge on any atom is -0.253 e. The molecule has 0 amide bonds. The van der Waals surface area contributed by atoms with Gasteiger partial charge >= 0.3 is 0 Å². The van der Waals surface area contributed by atoms with E-state index in [1.54, 1.807) is 0 Å². The van der Waals surface area contributed by atoms with Gasteiger partial charge < -0.3 is 0 Å². The van der Waals surface area contributed by atoms with Gasteiger partial charge in [0.25, 0.3) is 0 Å². The summed E-state index contributed by atoms with van der Waals surface area (Å²) < 4.78 is 0. The Morgan fingerprint density at radius 1 is 1.38 bits per heavy atom. The SMILES string of the molecule is Clc1c[c]ncc1Cl. The summed E-state index contributed by atoms with van der Waals surface area (Å²) in [6, 6.07) is 1.52. The molecule has 0 spiro atoms. The van der Waals surface area contributed by atoms with E-state index in [-0.39, 0.29) is 0 Å². The Kier molecular flexibility index (Phi) is 1.71. The fraction of sp³-hybridized carbons (Fsp3) is 0. The van der Waals surface area contributed by atoms with Crippen LogP contribution >= 0.6 is 23.2 Å². The zero-order valence-electron chi connectivity index (χ0n) is 3.86. The highest BCUT2D eigenvalue weighted by atomic mass is 35.5. The van der Waals surface area contributed by atoms with Crippen molar-refractivity contribution in [2.75, 3.05) is 0 Å². The third-order valence-corrected chi connectivity index (χ3v) is 1.38. The van der Waals surface area contributed by atoms with Crippen molar-refractivity contribution in [1.82, 2.24) is 4.98 Å². The highest BCUT2D eigenvalue weighted by Gasteiger charge is 1.91. The van der Waals surface area contributed by atoms with Crippen LogP contribution in [-0.2, 0) is 0 Å². The second-order valence-electron chi connectivity index (χ2n) is 1.23. The Morgan fingerprint density at radius 3 is 2.50 bits per heavy atom. The van der Waals surface area contributed by atoms with Crippen LogP contribution in [0.25, 0.3) is 0 Å². The summed E-state index contributed by atoms with van der Waals surface area (Å²) in [5.41, 5.74) is 0. The molecule has 0 aromatic carbocycles. The van der Waals surface area contributed by atoms with Crippen molar-refractivity contribution in [1.29, 1.82) is 0 Å². The molecule has 1 nitrogen and oxygen atoms in total. The lowest BCUT2D eigenvalue weighted by molar-refractivity contribution is 1.31. The summed E-state index contributed by atoms with van der Waals surface area (Å²) >= 11 is 11.0. The van der Waals surface area contributed by atoms with Crippen molar-refractivity contribution in [3.8, 4) is 0 Å². The van der Waals surface area contributed by atoms with E-state index in [4.69, 9.17) is 23.2 Å². The second kappa shape index (κ2) is 2.33. The van der Waals surface area contributed by atoms with Crippen LogP contribution in [0.15, 0.2) is 12.3 Å². The molecule has 0 N–H and O–H groups in total. The Balaban J connectivity index is 3.13. The summed E-state index contributed by atoms with van der Waals surface area (Å²) in [5, 5.41) is 0.951. The van der Waals surface area contributed by atoms with Crippen LogP contribution in [0.4, 0.5) is 0 Å². The number of hydrogen-bond acceptors (Lipinski definition) is 1. The average Bonchev–Trinajstić information content (AvgIpc) is 1.77. The third-order valence-electron chi connectivity index (χ3n) is 0.672. The molecule has 1 rings (SSSR count). The van der Waals surface area contributed by atoms with Crippen LogP contribution in [0.3, 0.4) is 0 Å². The zero-order chi connectivity index (χ0) is 5.98. The Labute approximate surface area is 57.3 Å². The molecular formula is C5H2Cl2N. The topological polar surface area (TPSA) is 12.9 Å². The quantitative estimate of drug-likeness (QED) is 0.548. The van der Waals surface area contributed by atoms with Crippen LogP contribution in [0.2, 0.25) is 10.0 Å². The van der Waals surface area contributed by atoms with E-state index in [1.807, 2.05) is 0 Å². The molecule has 0 aliphatic heterocycles. The van der Waals surface area contributed by atoms with Gasteiger partial charge in [0, 0.05) is 6.20 Å². The molecule has 0 fully saturated rings. The molecule has 0 aliphatic carbocycles. The van der Waals surface area contributed by atoms with E-state index in [0.717, 1.165) is 0 Å². The summed E-state index contributed by atoms with van der Waals surface area (Å²) in [6.45, 7) is 0. The summed E-state index contributed by atoms with van der Waals surface area (Å²) in [4.78, 5) is 3.60. The van der Waals surface area contributed by atoms with E-state index in [2.05, 4.69) is 11.2 Å². The molecule has 1 aromatic heterocycles. The van der Waals surface area contributed by atoms with Gasteiger partial charge in [-0.05, 0) is 6.07 Å². The van der Waals surface area contributed by atoms with Crippen molar-refractivity contribution in [2.45, 2.75) is 0 Å². The number of aromatic nitrogens is 1. The predicted octanol–water partition coefficient (Wildman–Crippen LogP) is 2.19. The minimum atomic E-state index is 0.463. The van der Waals surface area contributed by atoms with Crippen molar-refractivity contribution in [3.63, 3.8) is 0 Å². The van der Waals surface area contributed by atoms with Crippen LogP contribution in [0.1, 0.15) is 0 Å². The Bertz CT molecular complexity index is 167. The lowest BCUT2D eigenvalue weighted by atomic mass is 10.5. The molecule has 0 bridgehead atoms. The highest BCUT2D eigenvalue weighted by molar-refractivity contribution is 6.41. The van der Waals surface area contributed by atoms with Crippen molar-refractivity contribution >= 4 is 23.2 Å². The molecular weight excluding hydrogens is 145 g/mol. The maximum Gasteiger partial charge on any atom is 0.0902 e. The molecule has 3 heteroatoms. The van der Waals surface area contributed by atoms with Gasteiger partial charge in [0.15, 0.2) is 0 Å². The monoisotopic (exact) mass is 146 g/mol. The molecule has 0 saturated carbocycles. The van der Waals surface area contributed by atoms with E-state index >= 15 is 0 Å². The van der Waals surface area contributed by atoms with Gasteiger partial charge in [-0.3, -0.25) is 4.98 Å². The largest absolute Gasteiger partial charge is 0.253 e. The first-order valence-corrected chi connectivity index (χ1v) is 2.73. The normalized spacial score (nSPS) is 9.25. The zero-order valence-corrected chi connectivity index (χ0v) is 5.37. The maximum absolute atomic E-state index is 5.51. The van der Waals surface area contributed by atoms with E-state index in [1.165, 1.54) is 12.3 Å². The van der Waals surface area contributed by atoms with Gasteiger partial charge in [-0.15, -0.1) is 0 Å². The summed E-state index contributed by atoms with van der Waals surface area (Å²) in [5.74, 6) is 0. The van der Waals surface area contributed by atoms with Gasteiger partial charge in [0.2, 0.25) is 0 Å².